The topological polar surface area (TPSA) is 36.9 Å². The second-order valence-corrected chi connectivity index (χ2v) is 46.6. The van der Waals surface area contributed by atoms with Crippen molar-refractivity contribution in [3.63, 3.8) is 0 Å². The van der Waals surface area contributed by atoms with Gasteiger partial charge in [-0.25, -0.2) is 0 Å². The third-order valence-corrected chi connectivity index (χ3v) is 32.9. The van der Waals surface area contributed by atoms with Gasteiger partial charge in [0.1, 0.15) is 0 Å². The fourth-order valence-corrected chi connectivity index (χ4v) is 13.5. The largest absolute Gasteiger partial charge is 0.547 e. The van der Waals surface area contributed by atoms with Crippen LogP contribution in [0.1, 0.15) is 103 Å². The van der Waals surface area contributed by atoms with Gasteiger partial charge in [-0.15, -0.1) is 0 Å². The molecule has 296 valence electrons. The summed E-state index contributed by atoms with van der Waals surface area (Å²) in [7, 11) is -9.15. The summed E-state index contributed by atoms with van der Waals surface area (Å²) in [6.07, 6.45) is 7.22. The van der Waals surface area contributed by atoms with E-state index in [0.29, 0.717) is 13.2 Å². The average molecular weight is 786 g/mol. The first-order valence-corrected chi connectivity index (χ1v) is 35.2. The summed E-state index contributed by atoms with van der Waals surface area (Å²) in [6.45, 7) is 54.9. The van der Waals surface area contributed by atoms with Crippen LogP contribution in [0.15, 0.2) is 23.5 Å². The van der Waals surface area contributed by atoms with E-state index < -0.39 is 41.3 Å². The molecule has 1 rings (SSSR count). The maximum atomic E-state index is 7.41. The van der Waals surface area contributed by atoms with Gasteiger partial charge >= 0.3 is 0 Å². The Labute approximate surface area is 319 Å². The maximum absolute atomic E-state index is 7.41. The van der Waals surface area contributed by atoms with E-state index in [2.05, 4.69) is 161 Å². The van der Waals surface area contributed by atoms with E-state index in [1.807, 2.05) is 0 Å². The molecule has 0 amide bonds. The van der Waals surface area contributed by atoms with Crippen molar-refractivity contribution < 1.29 is 17.7 Å². The average Bonchev–Trinajstić information content (AvgIpc) is 2.94. The zero-order chi connectivity index (χ0) is 39.4. The lowest BCUT2D eigenvalue weighted by Gasteiger charge is -2.47. The molecule has 2 atom stereocenters. The first-order valence-electron chi connectivity index (χ1n) is 20.2. The van der Waals surface area contributed by atoms with Crippen molar-refractivity contribution in [1.29, 1.82) is 0 Å². The van der Waals surface area contributed by atoms with Crippen molar-refractivity contribution in [3.05, 3.63) is 23.5 Å². The van der Waals surface area contributed by atoms with Crippen LogP contribution in [-0.4, -0.2) is 61.2 Å². The van der Waals surface area contributed by atoms with E-state index >= 15 is 0 Å². The highest BCUT2D eigenvalue weighted by molar-refractivity contribution is 6.77. The van der Waals surface area contributed by atoms with Crippen LogP contribution in [0.2, 0.25) is 98.2 Å². The van der Waals surface area contributed by atoms with Crippen molar-refractivity contribution in [2.75, 3.05) is 19.8 Å². The van der Waals surface area contributed by atoms with Crippen molar-refractivity contribution in [2.24, 2.45) is 17.3 Å². The van der Waals surface area contributed by atoms with Crippen molar-refractivity contribution in [1.82, 2.24) is 0 Å². The molecule has 0 aromatic heterocycles. The quantitative estimate of drug-likeness (QED) is 0.102. The lowest BCUT2D eigenvalue weighted by Crippen LogP contribution is -2.47. The zero-order valence-electron chi connectivity index (χ0n) is 37.8. The fraction of sp³-hybridized carbons (Fsp3) is 0.902. The Kier molecular flexibility index (Phi) is 16.8. The molecular formula is C41H88O4Si5. The predicted molar refractivity (Wildman–Crippen MR) is 236 cm³/mol. The monoisotopic (exact) mass is 785 g/mol. The van der Waals surface area contributed by atoms with Crippen LogP contribution < -0.4 is 0 Å². The van der Waals surface area contributed by atoms with Crippen LogP contribution in [0.25, 0.3) is 0 Å². The van der Waals surface area contributed by atoms with Gasteiger partial charge in [0.05, 0.1) is 5.76 Å². The minimum Gasteiger partial charge on any atom is -0.547 e. The smallest absolute Gasteiger partial charge is 0.250 e. The summed E-state index contributed by atoms with van der Waals surface area (Å²) < 4.78 is 28.4. The van der Waals surface area contributed by atoms with E-state index in [4.69, 9.17) is 17.7 Å². The van der Waals surface area contributed by atoms with E-state index in [1.165, 1.54) is 29.9 Å². The van der Waals surface area contributed by atoms with E-state index in [-0.39, 0.29) is 32.4 Å². The Morgan fingerprint density at radius 2 is 1.08 bits per heavy atom. The second-order valence-electron chi connectivity index (χ2n) is 22.0. The highest BCUT2D eigenvalue weighted by Crippen LogP contribution is 2.51. The highest BCUT2D eigenvalue weighted by Gasteiger charge is 2.47. The van der Waals surface area contributed by atoms with E-state index in [9.17, 15) is 0 Å². The van der Waals surface area contributed by atoms with Gasteiger partial charge in [0.25, 0.3) is 0 Å². The summed E-state index contributed by atoms with van der Waals surface area (Å²) in [5, 5.41) is 0.507. The van der Waals surface area contributed by atoms with Gasteiger partial charge in [-0.05, 0) is 90.6 Å². The zero-order valence-corrected chi connectivity index (χ0v) is 42.8. The van der Waals surface area contributed by atoms with Crippen LogP contribution in [0.3, 0.4) is 0 Å². The van der Waals surface area contributed by atoms with Crippen molar-refractivity contribution in [2.45, 2.75) is 201 Å². The van der Waals surface area contributed by atoms with Gasteiger partial charge in [0.2, 0.25) is 8.32 Å². The summed E-state index contributed by atoms with van der Waals surface area (Å²) in [5.74, 6) is 1.80. The minimum absolute atomic E-state index is 0.00610. The Morgan fingerprint density at radius 3 is 1.44 bits per heavy atom. The summed E-state index contributed by atoms with van der Waals surface area (Å²) in [6, 6.07) is 4.69. The van der Waals surface area contributed by atoms with Gasteiger partial charge < -0.3 is 17.7 Å². The van der Waals surface area contributed by atoms with Gasteiger partial charge in [-0.3, -0.25) is 0 Å². The first kappa shape index (κ1) is 48.3. The number of rotatable bonds is 18. The molecule has 4 nitrogen and oxygen atoms in total. The molecule has 0 N–H and O–H groups in total. The molecule has 1 aliphatic carbocycles. The molecule has 0 aromatic carbocycles. The predicted octanol–water partition coefficient (Wildman–Crippen LogP) is 14.3. The lowest BCUT2D eigenvalue weighted by molar-refractivity contribution is 0.0929. The second kappa shape index (κ2) is 17.4. The van der Waals surface area contributed by atoms with Gasteiger partial charge in [-0.2, -0.15) is 0 Å². The Balaban J connectivity index is 3.92. The molecule has 0 saturated carbocycles. The molecule has 0 radical (unpaired) electrons. The molecule has 0 saturated heterocycles. The van der Waals surface area contributed by atoms with Gasteiger partial charge in [-0.1, -0.05) is 122 Å². The van der Waals surface area contributed by atoms with Crippen LogP contribution in [0.4, 0.5) is 0 Å². The standard InChI is InChI=1S/C41H88O4Si5/c1-23-50(24-2,25-3)45-37-28-29-41(13,33-44-49(21,22)40(10,11)12)36(35(37)32-46(14,15)16)27-26-34(30-42-47(17,18)38(4,5)6)31-43-48(19,20)39(7,8)9/h26-27,34,36H,23-25,28-33H2,1-22H3/b27-26+/t36?,41-/m1/s1. The molecule has 0 bridgehead atoms. The molecule has 1 aliphatic rings. The highest BCUT2D eigenvalue weighted by atomic mass is 28.4. The summed E-state index contributed by atoms with van der Waals surface area (Å²) in [5.41, 5.74) is 1.57. The number of allylic oxidation sites excluding steroid dienone is 3. The van der Waals surface area contributed by atoms with Gasteiger partial charge in [0.15, 0.2) is 25.0 Å². The number of hydrogen-bond acceptors (Lipinski definition) is 4. The third kappa shape index (κ3) is 13.2. The molecule has 0 aromatic rings. The molecule has 0 aliphatic heterocycles. The van der Waals surface area contributed by atoms with Crippen LogP contribution >= 0.6 is 0 Å². The summed E-state index contributed by atoms with van der Waals surface area (Å²) >= 11 is 0. The molecule has 0 spiro atoms. The van der Waals surface area contributed by atoms with E-state index in [1.54, 1.807) is 5.57 Å². The number of hydrogen-bond donors (Lipinski definition) is 0. The fourth-order valence-electron chi connectivity index (χ4n) is 6.00. The molecule has 0 fully saturated rings. The third-order valence-electron chi connectivity index (χ3n) is 13.5. The minimum atomic E-state index is -1.94. The van der Waals surface area contributed by atoms with Crippen LogP contribution in [-0.2, 0) is 17.7 Å². The molecule has 50 heavy (non-hydrogen) atoms. The Morgan fingerprint density at radius 1 is 0.680 bits per heavy atom. The van der Waals surface area contributed by atoms with Crippen LogP contribution in [0, 0.1) is 17.3 Å². The molecule has 1 unspecified atom stereocenters. The Hall–Kier alpha value is 0.244. The molecule has 0 heterocycles. The summed E-state index contributed by atoms with van der Waals surface area (Å²) in [4.78, 5) is 0. The molecule has 9 heteroatoms. The SMILES string of the molecule is CC[Si](CC)(CC)OC1=C(C[Si](C)(C)C)C(/C=C/C(CO[Si](C)(C)C(C)(C)C)CO[Si](C)(C)C(C)(C)C)[C@@](C)(CO[Si](C)(C)C(C)(C)C)CC1. The maximum Gasteiger partial charge on any atom is 0.250 e. The first-order chi connectivity index (χ1) is 22.2. The van der Waals surface area contributed by atoms with Gasteiger partial charge in [0, 0.05) is 51.6 Å². The molecular weight excluding hydrogens is 697 g/mol. The van der Waals surface area contributed by atoms with Crippen molar-refractivity contribution in [3.8, 4) is 0 Å². The van der Waals surface area contributed by atoms with E-state index in [0.717, 1.165) is 19.4 Å². The normalized spacial score (nSPS) is 21.1. The van der Waals surface area contributed by atoms with Crippen molar-refractivity contribution >= 4 is 41.3 Å². The lowest BCUT2D eigenvalue weighted by atomic mass is 9.67. The Bertz CT molecular complexity index is 1090. The van der Waals surface area contributed by atoms with Crippen LogP contribution in [0.5, 0.6) is 0 Å².